The van der Waals surface area contributed by atoms with Gasteiger partial charge in [0, 0.05) is 35.8 Å². The lowest BCUT2D eigenvalue weighted by atomic mass is 9.79. The minimum absolute atomic E-state index is 0.0515. The van der Waals surface area contributed by atoms with Crippen LogP contribution in [0.1, 0.15) is 90.2 Å². The molecule has 2 heterocycles. The average Bonchev–Trinajstić information content (AvgIpc) is 3.51. The van der Waals surface area contributed by atoms with Crippen molar-refractivity contribution in [3.8, 4) is 0 Å². The van der Waals surface area contributed by atoms with Crippen LogP contribution in [0.15, 0.2) is 121 Å². The third kappa shape index (κ3) is 9.15. The molecule has 0 aliphatic carbocycles. The lowest BCUT2D eigenvalue weighted by Crippen LogP contribution is -3.04. The van der Waals surface area contributed by atoms with E-state index in [2.05, 4.69) is 186 Å². The molecular formula is C51H68N4+2. The smallest absolute Gasteiger partial charge is 0.210 e. The Bertz CT molecular complexity index is 2090. The van der Waals surface area contributed by atoms with E-state index in [1.807, 2.05) is 0 Å². The van der Waals surface area contributed by atoms with Crippen LogP contribution in [0.5, 0.6) is 0 Å². The predicted molar refractivity (Wildman–Crippen MR) is 239 cm³/mol. The van der Waals surface area contributed by atoms with Gasteiger partial charge < -0.3 is 9.80 Å². The van der Waals surface area contributed by atoms with Gasteiger partial charge in [-0.1, -0.05) is 91.8 Å². The van der Waals surface area contributed by atoms with Gasteiger partial charge in [-0.3, -0.25) is 4.90 Å². The van der Waals surface area contributed by atoms with Crippen molar-refractivity contribution in [2.24, 2.45) is 0 Å². The molecule has 6 rings (SSSR count). The summed E-state index contributed by atoms with van der Waals surface area (Å²) in [4.78, 5) is 6.13. The molecule has 0 saturated heterocycles. The minimum atomic E-state index is -0.0858. The first kappa shape index (κ1) is 40.6. The molecule has 0 spiro atoms. The van der Waals surface area contributed by atoms with Crippen LogP contribution in [0.2, 0.25) is 0 Å². The van der Waals surface area contributed by atoms with Crippen molar-refractivity contribution >= 4 is 38.6 Å². The number of fused-ring (bicyclic) bond motifs is 6. The molecule has 4 aromatic rings. The van der Waals surface area contributed by atoms with Gasteiger partial charge in [0.1, 0.15) is 17.9 Å². The topological polar surface area (TPSA) is 13.9 Å². The van der Waals surface area contributed by atoms with Crippen molar-refractivity contribution in [1.82, 2.24) is 9.80 Å². The molecule has 1 N–H and O–H groups in total. The van der Waals surface area contributed by atoms with Gasteiger partial charge in [0.05, 0.1) is 17.4 Å². The van der Waals surface area contributed by atoms with Crippen LogP contribution >= 0.6 is 0 Å². The zero-order chi connectivity index (χ0) is 39.0. The maximum absolute atomic E-state index is 2.61. The first-order valence-corrected chi connectivity index (χ1v) is 21.1. The summed E-state index contributed by atoms with van der Waals surface area (Å²) < 4.78 is 2.61. The minimum Gasteiger partial charge on any atom is -0.309 e. The van der Waals surface area contributed by atoms with E-state index in [0.717, 1.165) is 13.1 Å². The summed E-state index contributed by atoms with van der Waals surface area (Å²) in [6.45, 7) is 14.2. The highest BCUT2D eigenvalue weighted by Crippen LogP contribution is 2.45. The summed E-state index contributed by atoms with van der Waals surface area (Å²) in [7, 11) is 8.69. The normalized spacial score (nSPS) is 18.5. The molecule has 0 bridgehead atoms. The van der Waals surface area contributed by atoms with Gasteiger partial charge in [0.2, 0.25) is 5.69 Å². The number of nitrogens with one attached hydrogen (secondary N) is 1. The average molecular weight is 737 g/mol. The fraction of sp³-hybridized carbons (Fsp3) is 0.431. The summed E-state index contributed by atoms with van der Waals surface area (Å²) in [6, 6.07) is 27.2. The fourth-order valence-electron chi connectivity index (χ4n) is 9.33. The summed E-state index contributed by atoms with van der Waals surface area (Å²) in [5.74, 6) is 0. The number of hydrogen-bond acceptors (Lipinski definition) is 2. The van der Waals surface area contributed by atoms with E-state index in [4.69, 9.17) is 0 Å². The van der Waals surface area contributed by atoms with E-state index in [1.54, 1.807) is 0 Å². The van der Waals surface area contributed by atoms with Crippen molar-refractivity contribution in [2.45, 2.75) is 89.9 Å². The largest absolute Gasteiger partial charge is 0.309 e. The van der Waals surface area contributed by atoms with E-state index in [0.29, 0.717) is 0 Å². The van der Waals surface area contributed by atoms with Gasteiger partial charge in [-0.2, -0.15) is 4.58 Å². The lowest BCUT2D eigenvalue weighted by Gasteiger charge is -2.21. The number of rotatable bonds is 18. The van der Waals surface area contributed by atoms with Gasteiger partial charge in [0.15, 0.2) is 5.71 Å². The summed E-state index contributed by atoms with van der Waals surface area (Å²) in [6.07, 6.45) is 26.0. The number of allylic oxidation sites excluding steroid dienone is 8. The van der Waals surface area contributed by atoms with Crippen LogP contribution in [-0.2, 0) is 10.8 Å². The predicted octanol–water partition coefficient (Wildman–Crippen LogP) is 10.7. The third-order valence-corrected chi connectivity index (χ3v) is 12.1. The molecule has 0 aromatic heterocycles. The standard InChI is InChI=1S/C51H67N4/c1-50(2)46(54(38-24-14-12-22-36-52(5)6)44-34-32-40-26-18-20-28-42(40)48(44)50)30-16-10-9-11-17-31-47-51(3,4)49-43-29-21-19-27-41(43)33-35-45(49)55(47)39-25-15-13-23-37-53(7)8/h9-11,16-21,26-35H,12-15,22-25,36-39H2,1-8H3/q+1/p+1. The second kappa shape index (κ2) is 18.2. The van der Waals surface area contributed by atoms with Crippen LogP contribution in [0.25, 0.3) is 21.5 Å². The van der Waals surface area contributed by atoms with E-state index in [9.17, 15) is 0 Å². The Morgan fingerprint density at radius 1 is 0.564 bits per heavy atom. The Morgan fingerprint density at radius 3 is 1.80 bits per heavy atom. The van der Waals surface area contributed by atoms with Crippen molar-refractivity contribution < 1.29 is 9.48 Å². The van der Waals surface area contributed by atoms with Crippen molar-refractivity contribution in [2.75, 3.05) is 54.4 Å². The van der Waals surface area contributed by atoms with Crippen molar-refractivity contribution in [3.05, 3.63) is 132 Å². The Labute approximate surface area is 333 Å². The molecule has 290 valence electrons. The Hall–Kier alpha value is -4.09. The van der Waals surface area contributed by atoms with Gasteiger partial charge >= 0.3 is 0 Å². The summed E-state index contributed by atoms with van der Waals surface area (Å²) in [5.41, 5.74) is 8.51. The Morgan fingerprint density at radius 2 is 1.13 bits per heavy atom. The molecule has 4 aromatic carbocycles. The van der Waals surface area contributed by atoms with Crippen LogP contribution in [-0.4, -0.2) is 74.5 Å². The van der Waals surface area contributed by atoms with E-state index in [1.165, 1.54) is 125 Å². The zero-order valence-electron chi connectivity index (χ0n) is 35.3. The van der Waals surface area contributed by atoms with Gasteiger partial charge in [-0.25, -0.2) is 0 Å². The molecule has 4 heteroatoms. The maximum Gasteiger partial charge on any atom is 0.210 e. The second-order valence-corrected chi connectivity index (χ2v) is 17.5. The second-order valence-electron chi connectivity index (χ2n) is 17.5. The molecule has 1 atom stereocenters. The van der Waals surface area contributed by atoms with Crippen LogP contribution in [0.4, 0.5) is 11.4 Å². The van der Waals surface area contributed by atoms with Gasteiger partial charge in [-0.15, -0.1) is 0 Å². The number of nitrogens with zero attached hydrogens (tertiary/aromatic N) is 3. The number of unbranched alkanes of at least 4 members (excludes halogenated alkanes) is 6. The highest BCUT2D eigenvalue weighted by Gasteiger charge is 2.47. The number of benzene rings is 4. The number of hydrogen-bond donors (Lipinski definition) is 1. The fourth-order valence-corrected chi connectivity index (χ4v) is 9.33. The van der Waals surface area contributed by atoms with E-state index in [-0.39, 0.29) is 10.8 Å². The molecule has 0 radical (unpaired) electrons. The van der Waals surface area contributed by atoms with Gasteiger partial charge in [0.25, 0.3) is 0 Å². The highest BCUT2D eigenvalue weighted by molar-refractivity contribution is 6.07. The Kier molecular flexibility index (Phi) is 13.5. The van der Waals surface area contributed by atoms with E-state index < -0.39 is 0 Å². The molecule has 0 fully saturated rings. The van der Waals surface area contributed by atoms with Crippen molar-refractivity contribution in [1.29, 1.82) is 0 Å². The van der Waals surface area contributed by atoms with Gasteiger partial charge in [-0.05, 0) is 141 Å². The summed E-state index contributed by atoms with van der Waals surface area (Å²) in [5, 5.41) is 5.43. The molecule has 1 unspecified atom stereocenters. The molecule has 0 saturated carbocycles. The lowest BCUT2D eigenvalue weighted by molar-refractivity contribution is -0.789. The van der Waals surface area contributed by atoms with Crippen molar-refractivity contribution in [3.63, 3.8) is 0 Å². The molecule has 0 amide bonds. The van der Waals surface area contributed by atoms with Crippen LogP contribution < -0.4 is 4.90 Å². The van der Waals surface area contributed by atoms with Crippen LogP contribution in [0, 0.1) is 0 Å². The van der Waals surface area contributed by atoms with E-state index >= 15 is 0 Å². The third-order valence-electron chi connectivity index (χ3n) is 12.1. The first-order valence-electron chi connectivity index (χ1n) is 21.1. The van der Waals surface area contributed by atoms with Crippen LogP contribution in [0.3, 0.4) is 0 Å². The Balaban J connectivity index is 1.21. The number of quaternary nitrogens is 1. The highest BCUT2D eigenvalue weighted by atomic mass is 15.2. The molecule has 2 aliphatic heterocycles. The molecular weight excluding hydrogens is 669 g/mol. The summed E-state index contributed by atoms with van der Waals surface area (Å²) >= 11 is 0. The molecule has 55 heavy (non-hydrogen) atoms. The monoisotopic (exact) mass is 737 g/mol. The molecule has 2 aliphatic rings. The first-order chi connectivity index (χ1) is 26.5. The quantitative estimate of drug-likeness (QED) is 0.0621. The zero-order valence-corrected chi connectivity index (χ0v) is 35.3. The SMILES string of the molecule is CN(C)CCCCCC[N+]1=C(/C=C/C=C/C=C/C=C2/[NH+](CCCCCCN(C)C)c3ccc4ccccc4c3C2(C)C)C(C)(C)c2c1ccc1ccccc21. The molecule has 4 nitrogen and oxygen atoms in total. The maximum atomic E-state index is 2.61.